The number of halogens is 3. The second-order valence-electron chi connectivity index (χ2n) is 7.13. The highest BCUT2D eigenvalue weighted by Gasteiger charge is 2.33. The van der Waals surface area contributed by atoms with Crippen molar-refractivity contribution in [3.05, 3.63) is 88.7 Å². The van der Waals surface area contributed by atoms with Gasteiger partial charge in [-0.2, -0.15) is 0 Å². The van der Waals surface area contributed by atoms with E-state index in [9.17, 15) is 23.1 Å². The number of hydrogen-bond donors (Lipinski definition) is 2. The number of carboxylic acids is 1. The number of carboxylic acid groups (broad SMARTS) is 1. The molecule has 1 aliphatic heterocycles. The van der Waals surface area contributed by atoms with Gasteiger partial charge in [-0.3, -0.25) is 0 Å². The van der Waals surface area contributed by atoms with Crippen molar-refractivity contribution in [3.8, 4) is 16.9 Å². The molecule has 2 N–H and O–H groups in total. The average Bonchev–Trinajstić information content (AvgIpc) is 2.75. The van der Waals surface area contributed by atoms with Gasteiger partial charge in [0.15, 0.2) is 11.6 Å². The van der Waals surface area contributed by atoms with E-state index in [1.54, 1.807) is 31.3 Å². The van der Waals surface area contributed by atoms with Crippen molar-refractivity contribution < 1.29 is 27.8 Å². The van der Waals surface area contributed by atoms with Gasteiger partial charge in [-0.1, -0.05) is 18.2 Å². The quantitative estimate of drug-likeness (QED) is 0.607. The van der Waals surface area contributed by atoms with E-state index in [0.29, 0.717) is 18.2 Å². The molecule has 4 rings (SSSR count). The SMILES string of the molecule is CNC1Cc2cc(-c3cccc(C(=O)O)c3)ccc2OC1c1cc(F)c(F)cc1F. The van der Waals surface area contributed by atoms with Crippen LogP contribution in [0.15, 0.2) is 54.6 Å². The molecule has 0 saturated carbocycles. The molecule has 0 amide bonds. The number of aromatic carboxylic acids is 1. The molecule has 0 aromatic heterocycles. The molecule has 1 aliphatic rings. The predicted octanol–water partition coefficient (Wildman–Crippen LogP) is 4.73. The molecule has 2 atom stereocenters. The second kappa shape index (κ2) is 7.84. The van der Waals surface area contributed by atoms with Gasteiger partial charge in [0.1, 0.15) is 17.7 Å². The normalized spacial score (nSPS) is 17.9. The molecule has 0 fully saturated rings. The van der Waals surface area contributed by atoms with Gasteiger partial charge in [0.05, 0.1) is 11.6 Å². The molecule has 0 bridgehead atoms. The Morgan fingerprint density at radius 3 is 2.47 bits per heavy atom. The summed E-state index contributed by atoms with van der Waals surface area (Å²) in [6.07, 6.45) is -0.375. The van der Waals surface area contributed by atoms with Gasteiger partial charge in [0, 0.05) is 11.6 Å². The van der Waals surface area contributed by atoms with Crippen LogP contribution in [0.2, 0.25) is 0 Å². The molecule has 0 spiro atoms. The van der Waals surface area contributed by atoms with Crippen molar-refractivity contribution in [3.63, 3.8) is 0 Å². The van der Waals surface area contributed by atoms with Crippen LogP contribution < -0.4 is 10.1 Å². The van der Waals surface area contributed by atoms with Crippen molar-refractivity contribution in [2.75, 3.05) is 7.05 Å². The first kappa shape index (κ1) is 20.0. The first-order chi connectivity index (χ1) is 14.4. The molecule has 3 aromatic rings. The largest absolute Gasteiger partial charge is 0.484 e. The topological polar surface area (TPSA) is 58.6 Å². The number of ether oxygens (including phenoxy) is 1. The highest BCUT2D eigenvalue weighted by Crippen LogP contribution is 2.38. The first-order valence-electron chi connectivity index (χ1n) is 9.32. The van der Waals surface area contributed by atoms with Gasteiger partial charge < -0.3 is 15.2 Å². The Hall–Kier alpha value is -3.32. The summed E-state index contributed by atoms with van der Waals surface area (Å²) in [6.45, 7) is 0. The summed E-state index contributed by atoms with van der Waals surface area (Å²) >= 11 is 0. The van der Waals surface area contributed by atoms with Crippen molar-refractivity contribution in [2.24, 2.45) is 0 Å². The van der Waals surface area contributed by atoms with E-state index >= 15 is 0 Å². The number of benzene rings is 3. The summed E-state index contributed by atoms with van der Waals surface area (Å²) in [5, 5.41) is 12.3. The summed E-state index contributed by atoms with van der Waals surface area (Å²) in [4.78, 5) is 11.2. The molecule has 1 heterocycles. The number of rotatable bonds is 4. The smallest absolute Gasteiger partial charge is 0.335 e. The molecule has 154 valence electrons. The Morgan fingerprint density at radius 1 is 1.00 bits per heavy atom. The Labute approximate surface area is 170 Å². The van der Waals surface area contributed by atoms with Gasteiger partial charge in [-0.15, -0.1) is 0 Å². The summed E-state index contributed by atoms with van der Waals surface area (Å²) < 4.78 is 47.3. The minimum absolute atomic E-state index is 0.0582. The van der Waals surface area contributed by atoms with Crippen LogP contribution in [0.3, 0.4) is 0 Å². The van der Waals surface area contributed by atoms with Crippen molar-refractivity contribution in [1.29, 1.82) is 0 Å². The van der Waals surface area contributed by atoms with Gasteiger partial charge in [0.2, 0.25) is 0 Å². The van der Waals surface area contributed by atoms with Crippen LogP contribution in [-0.2, 0) is 6.42 Å². The molecule has 0 radical (unpaired) electrons. The monoisotopic (exact) mass is 413 g/mol. The third-order valence-electron chi connectivity index (χ3n) is 5.28. The zero-order valence-electron chi connectivity index (χ0n) is 16.0. The van der Waals surface area contributed by atoms with E-state index in [0.717, 1.165) is 22.8 Å². The van der Waals surface area contributed by atoms with Gasteiger partial charge in [0.25, 0.3) is 0 Å². The second-order valence-corrected chi connectivity index (χ2v) is 7.13. The summed E-state index contributed by atoms with van der Waals surface area (Å²) in [5.41, 5.74) is 2.52. The molecular weight excluding hydrogens is 395 g/mol. The average molecular weight is 413 g/mol. The maximum absolute atomic E-state index is 14.3. The zero-order valence-corrected chi connectivity index (χ0v) is 16.0. The third kappa shape index (κ3) is 3.64. The molecule has 0 aliphatic carbocycles. The minimum atomic E-state index is -1.25. The minimum Gasteiger partial charge on any atom is -0.484 e. The first-order valence-corrected chi connectivity index (χ1v) is 9.32. The number of likely N-dealkylation sites (N-methyl/N-ethyl adjacent to an activating group) is 1. The third-order valence-corrected chi connectivity index (χ3v) is 5.28. The highest BCUT2D eigenvalue weighted by molar-refractivity contribution is 5.89. The molecule has 0 saturated heterocycles. The van der Waals surface area contributed by atoms with E-state index in [1.807, 2.05) is 12.1 Å². The van der Waals surface area contributed by atoms with Crippen LogP contribution >= 0.6 is 0 Å². The lowest BCUT2D eigenvalue weighted by molar-refractivity contribution is 0.0697. The zero-order chi connectivity index (χ0) is 21.4. The van der Waals surface area contributed by atoms with Crippen LogP contribution in [0.25, 0.3) is 11.1 Å². The fourth-order valence-electron chi connectivity index (χ4n) is 3.72. The molecule has 4 nitrogen and oxygen atoms in total. The van der Waals surface area contributed by atoms with Crippen molar-refractivity contribution in [2.45, 2.75) is 18.6 Å². The molecular formula is C23H18F3NO3. The Morgan fingerprint density at radius 2 is 1.73 bits per heavy atom. The van der Waals surface area contributed by atoms with Gasteiger partial charge in [-0.05, 0) is 60.5 Å². The van der Waals surface area contributed by atoms with E-state index in [2.05, 4.69) is 5.32 Å². The van der Waals surface area contributed by atoms with Crippen molar-refractivity contribution in [1.82, 2.24) is 5.32 Å². The Bertz CT molecular complexity index is 1130. The van der Waals surface area contributed by atoms with Crippen molar-refractivity contribution >= 4 is 5.97 Å². The molecule has 3 aromatic carbocycles. The lowest BCUT2D eigenvalue weighted by atomic mass is 9.90. The summed E-state index contributed by atoms with van der Waals surface area (Å²) in [7, 11) is 1.68. The number of carbonyl (C=O) groups is 1. The lowest BCUT2D eigenvalue weighted by Gasteiger charge is -2.34. The number of nitrogens with one attached hydrogen (secondary N) is 1. The lowest BCUT2D eigenvalue weighted by Crippen LogP contribution is -2.40. The molecule has 30 heavy (non-hydrogen) atoms. The highest BCUT2D eigenvalue weighted by atomic mass is 19.2. The summed E-state index contributed by atoms with van der Waals surface area (Å²) in [5.74, 6) is -3.76. The van der Waals surface area contributed by atoms with Gasteiger partial charge in [-0.25, -0.2) is 18.0 Å². The van der Waals surface area contributed by atoms with Crippen LogP contribution in [-0.4, -0.2) is 24.2 Å². The maximum Gasteiger partial charge on any atom is 0.335 e. The number of fused-ring (bicyclic) bond motifs is 1. The molecule has 2 unspecified atom stereocenters. The van der Waals surface area contributed by atoms with E-state index in [1.165, 1.54) is 6.07 Å². The Kier molecular flexibility index (Phi) is 5.22. The fraction of sp³-hybridized carbons (Fsp3) is 0.174. The van der Waals surface area contributed by atoms with E-state index in [-0.39, 0.29) is 17.2 Å². The standard InChI is InChI=1S/C23H18F3NO3/c1-27-20-9-15-8-13(12-3-2-4-14(7-12)23(28)29)5-6-21(15)30-22(20)16-10-18(25)19(26)11-17(16)24/h2-8,10-11,20,22,27H,9H2,1H3,(H,28,29). The fourth-order valence-corrected chi connectivity index (χ4v) is 3.72. The maximum atomic E-state index is 14.3. The Balaban J connectivity index is 1.70. The molecule has 7 heteroatoms. The number of hydrogen-bond acceptors (Lipinski definition) is 3. The van der Waals surface area contributed by atoms with Crippen LogP contribution in [0.1, 0.15) is 27.6 Å². The van der Waals surface area contributed by atoms with E-state index in [4.69, 9.17) is 4.74 Å². The van der Waals surface area contributed by atoms with Crippen LogP contribution in [0.4, 0.5) is 13.2 Å². The predicted molar refractivity (Wildman–Crippen MR) is 105 cm³/mol. The van der Waals surface area contributed by atoms with Gasteiger partial charge >= 0.3 is 5.97 Å². The van der Waals surface area contributed by atoms with Crippen LogP contribution in [0.5, 0.6) is 5.75 Å². The van der Waals surface area contributed by atoms with E-state index < -0.39 is 29.5 Å². The summed E-state index contributed by atoms with van der Waals surface area (Å²) in [6, 6.07) is 12.9. The van der Waals surface area contributed by atoms with Crippen LogP contribution in [0, 0.1) is 17.5 Å².